The maximum Gasteiger partial charge on any atom is 0.251 e. The summed E-state index contributed by atoms with van der Waals surface area (Å²) in [4.78, 5) is 11.5. The fourth-order valence-electron chi connectivity index (χ4n) is 1.07. The average Bonchev–Trinajstić information content (AvgIpc) is 2.25. The number of hydrogen-bond donors (Lipinski definition) is 1. The van der Waals surface area contributed by atoms with Crippen LogP contribution < -0.4 is 5.32 Å². The van der Waals surface area contributed by atoms with Crippen LogP contribution in [0.3, 0.4) is 0 Å². The molecular formula is C11H11ClN2O. The van der Waals surface area contributed by atoms with Crippen LogP contribution in [0.25, 0.3) is 0 Å². The largest absolute Gasteiger partial charge is 0.352 e. The molecule has 0 saturated carbocycles. The van der Waals surface area contributed by atoms with Gasteiger partial charge in [0.05, 0.1) is 6.07 Å². The molecule has 1 amide bonds. The Labute approximate surface area is 93.7 Å². The molecule has 78 valence electrons. The van der Waals surface area contributed by atoms with Crippen molar-refractivity contribution in [3.63, 3.8) is 0 Å². The van der Waals surface area contributed by atoms with Gasteiger partial charge < -0.3 is 5.32 Å². The third-order valence-electron chi connectivity index (χ3n) is 1.86. The van der Waals surface area contributed by atoms with Gasteiger partial charge in [-0.05, 0) is 30.7 Å². The quantitative estimate of drug-likeness (QED) is 0.796. The van der Waals surface area contributed by atoms with Crippen molar-refractivity contribution in [3.05, 3.63) is 34.9 Å². The minimum atomic E-state index is -0.135. The number of nitriles is 1. The number of halogens is 1. The zero-order valence-electron chi connectivity index (χ0n) is 8.16. The molecule has 1 aromatic carbocycles. The molecule has 0 aliphatic heterocycles. The van der Waals surface area contributed by atoms with Gasteiger partial charge in [-0.25, -0.2) is 0 Å². The van der Waals surface area contributed by atoms with E-state index < -0.39 is 0 Å². The lowest BCUT2D eigenvalue weighted by Crippen LogP contribution is -2.24. The van der Waals surface area contributed by atoms with Crippen LogP contribution in [-0.2, 0) is 0 Å². The normalized spacial score (nSPS) is 9.33. The SMILES string of the molecule is N#CCCCNC(=O)c1ccc(Cl)cc1. The highest BCUT2D eigenvalue weighted by molar-refractivity contribution is 6.30. The molecule has 0 atom stereocenters. The summed E-state index contributed by atoms with van der Waals surface area (Å²) in [5.74, 6) is -0.135. The standard InChI is InChI=1S/C11H11ClN2O/c12-10-5-3-9(4-6-10)11(15)14-8-2-1-7-13/h3-6H,1-2,8H2,(H,14,15). The predicted octanol–water partition coefficient (Wildman–Crippen LogP) is 2.37. The topological polar surface area (TPSA) is 52.9 Å². The summed E-state index contributed by atoms with van der Waals surface area (Å²) in [5.41, 5.74) is 0.580. The Hall–Kier alpha value is -1.53. The van der Waals surface area contributed by atoms with Gasteiger partial charge in [-0.3, -0.25) is 4.79 Å². The highest BCUT2D eigenvalue weighted by Crippen LogP contribution is 2.09. The van der Waals surface area contributed by atoms with Gasteiger partial charge in [0.1, 0.15) is 0 Å². The summed E-state index contributed by atoms with van der Waals surface area (Å²) < 4.78 is 0. The maximum atomic E-state index is 11.5. The molecule has 1 N–H and O–H groups in total. The fourth-order valence-corrected chi connectivity index (χ4v) is 1.20. The van der Waals surface area contributed by atoms with Crippen molar-refractivity contribution in [2.75, 3.05) is 6.54 Å². The summed E-state index contributed by atoms with van der Waals surface area (Å²) in [6.07, 6.45) is 1.14. The van der Waals surface area contributed by atoms with Crippen LogP contribution in [0.5, 0.6) is 0 Å². The minimum Gasteiger partial charge on any atom is -0.352 e. The Kier molecular flexibility index (Phi) is 4.65. The Morgan fingerprint density at radius 2 is 2.07 bits per heavy atom. The van der Waals surface area contributed by atoms with Crippen LogP contribution in [0.4, 0.5) is 0 Å². The number of carbonyl (C=O) groups excluding carboxylic acids is 1. The molecule has 3 nitrogen and oxygen atoms in total. The van der Waals surface area contributed by atoms with Crippen molar-refractivity contribution in [2.24, 2.45) is 0 Å². The Morgan fingerprint density at radius 1 is 1.40 bits per heavy atom. The lowest BCUT2D eigenvalue weighted by Gasteiger charge is -2.03. The first kappa shape index (κ1) is 11.5. The van der Waals surface area contributed by atoms with Gasteiger partial charge in [-0.1, -0.05) is 11.6 Å². The Morgan fingerprint density at radius 3 is 2.67 bits per heavy atom. The van der Waals surface area contributed by atoms with Crippen molar-refractivity contribution in [2.45, 2.75) is 12.8 Å². The highest BCUT2D eigenvalue weighted by atomic mass is 35.5. The number of amides is 1. The predicted molar refractivity (Wildman–Crippen MR) is 58.6 cm³/mol. The van der Waals surface area contributed by atoms with Crippen LogP contribution in [0.2, 0.25) is 5.02 Å². The van der Waals surface area contributed by atoms with E-state index in [4.69, 9.17) is 16.9 Å². The molecule has 4 heteroatoms. The summed E-state index contributed by atoms with van der Waals surface area (Å²) in [6.45, 7) is 0.523. The number of rotatable bonds is 4. The Bertz CT molecular complexity index is 367. The number of nitrogens with one attached hydrogen (secondary N) is 1. The second kappa shape index (κ2) is 6.05. The van der Waals surface area contributed by atoms with Gasteiger partial charge in [-0.2, -0.15) is 5.26 Å². The van der Waals surface area contributed by atoms with E-state index >= 15 is 0 Å². The highest BCUT2D eigenvalue weighted by Gasteiger charge is 2.03. The zero-order valence-corrected chi connectivity index (χ0v) is 8.92. The number of unbranched alkanes of at least 4 members (excludes halogenated alkanes) is 1. The van der Waals surface area contributed by atoms with Crippen LogP contribution in [0, 0.1) is 11.3 Å². The van der Waals surface area contributed by atoms with Crippen molar-refractivity contribution in [3.8, 4) is 6.07 Å². The first-order valence-corrected chi connectivity index (χ1v) is 5.02. The third-order valence-corrected chi connectivity index (χ3v) is 2.11. The smallest absolute Gasteiger partial charge is 0.251 e. The van der Waals surface area contributed by atoms with Crippen LogP contribution >= 0.6 is 11.6 Å². The fraction of sp³-hybridized carbons (Fsp3) is 0.273. The van der Waals surface area contributed by atoms with Crippen LogP contribution in [0.1, 0.15) is 23.2 Å². The second-order valence-electron chi connectivity index (χ2n) is 3.02. The second-order valence-corrected chi connectivity index (χ2v) is 3.46. The monoisotopic (exact) mass is 222 g/mol. The first-order valence-electron chi connectivity index (χ1n) is 4.65. The van der Waals surface area contributed by atoms with E-state index in [0.717, 1.165) is 0 Å². The molecule has 0 fully saturated rings. The molecular weight excluding hydrogens is 212 g/mol. The first-order chi connectivity index (χ1) is 7.24. The van der Waals surface area contributed by atoms with E-state index in [1.54, 1.807) is 24.3 Å². The molecule has 0 radical (unpaired) electrons. The Balaban J connectivity index is 2.41. The summed E-state index contributed by atoms with van der Waals surface area (Å²) >= 11 is 5.69. The molecule has 0 unspecified atom stereocenters. The van der Waals surface area contributed by atoms with E-state index in [2.05, 4.69) is 5.32 Å². The van der Waals surface area contributed by atoms with Crippen LogP contribution in [0.15, 0.2) is 24.3 Å². The maximum absolute atomic E-state index is 11.5. The molecule has 15 heavy (non-hydrogen) atoms. The van der Waals surface area contributed by atoms with E-state index in [0.29, 0.717) is 30.0 Å². The van der Waals surface area contributed by atoms with Crippen molar-refractivity contribution in [1.82, 2.24) is 5.32 Å². The third kappa shape index (κ3) is 4.01. The number of hydrogen-bond acceptors (Lipinski definition) is 2. The molecule has 0 saturated heterocycles. The van der Waals surface area contributed by atoms with E-state index in [-0.39, 0.29) is 5.91 Å². The number of carbonyl (C=O) groups is 1. The minimum absolute atomic E-state index is 0.135. The van der Waals surface area contributed by atoms with Gasteiger partial charge in [-0.15, -0.1) is 0 Å². The molecule has 1 rings (SSSR count). The summed E-state index contributed by atoms with van der Waals surface area (Å²) in [5, 5.41) is 11.6. The average molecular weight is 223 g/mol. The van der Waals surface area contributed by atoms with Crippen molar-refractivity contribution < 1.29 is 4.79 Å². The molecule has 0 aliphatic rings. The number of nitrogens with zero attached hydrogens (tertiary/aromatic N) is 1. The molecule has 0 spiro atoms. The zero-order chi connectivity index (χ0) is 11.1. The van der Waals surface area contributed by atoms with Crippen molar-refractivity contribution >= 4 is 17.5 Å². The van der Waals surface area contributed by atoms with Crippen molar-refractivity contribution in [1.29, 1.82) is 5.26 Å². The molecule has 0 bridgehead atoms. The van der Waals surface area contributed by atoms with Crippen LogP contribution in [-0.4, -0.2) is 12.5 Å². The number of benzene rings is 1. The molecule has 0 aromatic heterocycles. The van der Waals surface area contributed by atoms with Gasteiger partial charge >= 0.3 is 0 Å². The van der Waals surface area contributed by atoms with Gasteiger partial charge in [0.2, 0.25) is 0 Å². The van der Waals surface area contributed by atoms with E-state index in [1.165, 1.54) is 0 Å². The molecule has 0 heterocycles. The molecule has 1 aromatic rings. The summed E-state index contributed by atoms with van der Waals surface area (Å²) in [6, 6.07) is 8.70. The van der Waals surface area contributed by atoms with Gasteiger partial charge in [0.15, 0.2) is 0 Å². The van der Waals surface area contributed by atoms with Gasteiger partial charge in [0.25, 0.3) is 5.91 Å². The van der Waals surface area contributed by atoms with E-state index in [9.17, 15) is 4.79 Å². The lowest BCUT2D eigenvalue weighted by atomic mass is 10.2. The lowest BCUT2D eigenvalue weighted by molar-refractivity contribution is 0.0953. The van der Waals surface area contributed by atoms with Gasteiger partial charge in [0, 0.05) is 23.6 Å². The van der Waals surface area contributed by atoms with E-state index in [1.807, 2.05) is 6.07 Å². The molecule has 0 aliphatic carbocycles. The summed E-state index contributed by atoms with van der Waals surface area (Å²) in [7, 11) is 0.